The Labute approximate surface area is 181 Å². The van der Waals surface area contributed by atoms with Gasteiger partial charge in [-0.2, -0.15) is 0 Å². The number of ether oxygens (including phenoxy) is 1. The Morgan fingerprint density at radius 1 is 1.00 bits per heavy atom. The second kappa shape index (κ2) is 9.61. The van der Waals surface area contributed by atoms with Gasteiger partial charge in [0, 0.05) is 12.5 Å². The van der Waals surface area contributed by atoms with Gasteiger partial charge in [-0.3, -0.25) is 9.59 Å². The molecule has 2 amide bonds. The van der Waals surface area contributed by atoms with Gasteiger partial charge in [0.2, 0.25) is 5.91 Å². The van der Waals surface area contributed by atoms with Crippen molar-refractivity contribution in [2.24, 2.45) is 0 Å². The third-order valence-electron chi connectivity index (χ3n) is 5.23. The molecular formula is C23H27N3O5. The van der Waals surface area contributed by atoms with Crippen LogP contribution in [0.3, 0.4) is 0 Å². The van der Waals surface area contributed by atoms with E-state index in [0.717, 1.165) is 22.3 Å². The molecule has 0 aromatic heterocycles. The summed E-state index contributed by atoms with van der Waals surface area (Å²) in [6, 6.07) is 14.0. The molecule has 0 bridgehead atoms. The average molecular weight is 425 g/mol. The van der Waals surface area contributed by atoms with Crippen LogP contribution in [0.1, 0.15) is 24.0 Å². The molecule has 8 nitrogen and oxygen atoms in total. The Balaban J connectivity index is 1.66. The highest BCUT2D eigenvalue weighted by Gasteiger charge is 2.30. The number of aliphatic carboxylic acids is 1. The highest BCUT2D eigenvalue weighted by Crippen LogP contribution is 2.44. The minimum Gasteiger partial charge on any atom is -0.480 e. The van der Waals surface area contributed by atoms with Gasteiger partial charge in [-0.05, 0) is 43.3 Å². The maximum Gasteiger partial charge on any atom is 0.407 e. The Kier molecular flexibility index (Phi) is 6.91. The maximum absolute atomic E-state index is 12.5. The highest BCUT2D eigenvalue weighted by atomic mass is 16.5. The van der Waals surface area contributed by atoms with Crippen molar-refractivity contribution in [1.29, 1.82) is 0 Å². The number of carboxylic acid groups (broad SMARTS) is 1. The maximum atomic E-state index is 12.5. The predicted molar refractivity (Wildman–Crippen MR) is 116 cm³/mol. The number of benzene rings is 2. The van der Waals surface area contributed by atoms with Gasteiger partial charge < -0.3 is 25.4 Å². The van der Waals surface area contributed by atoms with Gasteiger partial charge in [0.15, 0.2) is 0 Å². The Morgan fingerprint density at radius 3 is 2.06 bits per heavy atom. The van der Waals surface area contributed by atoms with Crippen molar-refractivity contribution in [3.05, 3.63) is 59.7 Å². The van der Waals surface area contributed by atoms with Crippen LogP contribution in [-0.2, 0) is 14.3 Å². The molecule has 0 aliphatic heterocycles. The lowest BCUT2D eigenvalue weighted by atomic mass is 9.98. The molecule has 2 aromatic rings. The molecule has 1 aliphatic carbocycles. The van der Waals surface area contributed by atoms with Gasteiger partial charge in [-0.15, -0.1) is 0 Å². The van der Waals surface area contributed by atoms with E-state index in [-0.39, 0.29) is 19.1 Å². The molecule has 3 rings (SSSR count). The molecule has 0 fully saturated rings. The van der Waals surface area contributed by atoms with E-state index in [9.17, 15) is 14.4 Å². The number of nitrogens with one attached hydrogen (secondary N) is 2. The van der Waals surface area contributed by atoms with Crippen LogP contribution in [0.25, 0.3) is 11.1 Å². The highest BCUT2D eigenvalue weighted by molar-refractivity contribution is 5.89. The largest absolute Gasteiger partial charge is 0.480 e. The number of carboxylic acids is 1. The topological polar surface area (TPSA) is 108 Å². The number of rotatable bonds is 8. The lowest BCUT2D eigenvalue weighted by Gasteiger charge is -2.23. The zero-order valence-corrected chi connectivity index (χ0v) is 17.8. The van der Waals surface area contributed by atoms with Crippen LogP contribution >= 0.6 is 0 Å². The first-order chi connectivity index (χ1) is 14.8. The Morgan fingerprint density at radius 2 is 1.55 bits per heavy atom. The number of hydrogen-bond acceptors (Lipinski definition) is 5. The molecule has 0 spiro atoms. The van der Waals surface area contributed by atoms with Gasteiger partial charge >= 0.3 is 12.1 Å². The van der Waals surface area contributed by atoms with E-state index in [1.54, 1.807) is 19.0 Å². The van der Waals surface area contributed by atoms with Crippen molar-refractivity contribution < 1.29 is 24.2 Å². The van der Waals surface area contributed by atoms with Gasteiger partial charge in [-0.25, -0.2) is 4.79 Å². The van der Waals surface area contributed by atoms with E-state index < -0.39 is 30.1 Å². The minimum atomic E-state index is -1.15. The summed E-state index contributed by atoms with van der Waals surface area (Å²) in [6.45, 7) is 1.68. The number of likely N-dealkylation sites (N-methyl/N-ethyl adjacent to an activating group) is 1. The van der Waals surface area contributed by atoms with E-state index in [0.29, 0.717) is 0 Å². The Hall–Kier alpha value is -3.39. The molecule has 31 heavy (non-hydrogen) atoms. The lowest BCUT2D eigenvalue weighted by Crippen LogP contribution is -2.54. The average Bonchev–Trinajstić information content (AvgIpc) is 3.05. The smallest absolute Gasteiger partial charge is 0.407 e. The van der Waals surface area contributed by atoms with Gasteiger partial charge in [0.05, 0.1) is 0 Å². The number of carbonyl (C=O) groups is 3. The molecule has 2 atom stereocenters. The second-order valence-corrected chi connectivity index (χ2v) is 7.85. The van der Waals surface area contributed by atoms with Crippen molar-refractivity contribution in [2.75, 3.05) is 27.2 Å². The molecule has 0 saturated heterocycles. The number of nitrogens with zero attached hydrogens (tertiary/aromatic N) is 1. The Bertz CT molecular complexity index is 930. The van der Waals surface area contributed by atoms with E-state index in [2.05, 4.69) is 22.8 Å². The van der Waals surface area contributed by atoms with E-state index in [4.69, 9.17) is 9.84 Å². The summed E-state index contributed by atoms with van der Waals surface area (Å²) in [5.41, 5.74) is 4.43. The predicted octanol–water partition coefficient (Wildman–Crippen LogP) is 2.04. The first-order valence-corrected chi connectivity index (χ1v) is 10.1. The van der Waals surface area contributed by atoms with Crippen molar-refractivity contribution in [2.45, 2.75) is 24.9 Å². The summed E-state index contributed by atoms with van der Waals surface area (Å²) < 4.78 is 5.49. The van der Waals surface area contributed by atoms with Crippen LogP contribution in [0.2, 0.25) is 0 Å². The van der Waals surface area contributed by atoms with Crippen LogP contribution in [0.4, 0.5) is 4.79 Å². The normalized spacial score (nSPS) is 14.3. The molecule has 8 heteroatoms. The van der Waals surface area contributed by atoms with Crippen molar-refractivity contribution >= 4 is 18.0 Å². The fourth-order valence-corrected chi connectivity index (χ4v) is 3.72. The second-order valence-electron chi connectivity index (χ2n) is 7.85. The minimum absolute atomic E-state index is 0.0914. The van der Waals surface area contributed by atoms with E-state index in [1.165, 1.54) is 6.92 Å². The van der Waals surface area contributed by atoms with Crippen LogP contribution < -0.4 is 10.6 Å². The summed E-state index contributed by atoms with van der Waals surface area (Å²) in [6.07, 6.45) is -0.730. The molecule has 3 N–H and O–H groups in total. The quantitative estimate of drug-likeness (QED) is 0.597. The third-order valence-corrected chi connectivity index (χ3v) is 5.23. The molecule has 1 unspecified atom stereocenters. The molecule has 1 aliphatic rings. The van der Waals surface area contributed by atoms with Gasteiger partial charge in [-0.1, -0.05) is 48.5 Å². The monoisotopic (exact) mass is 425 g/mol. The lowest BCUT2D eigenvalue weighted by molar-refractivity contribution is -0.141. The van der Waals surface area contributed by atoms with Crippen LogP contribution in [0.15, 0.2) is 48.5 Å². The first kappa shape index (κ1) is 22.3. The molecular weight excluding hydrogens is 398 g/mol. The van der Waals surface area contributed by atoms with Crippen molar-refractivity contribution in [3.8, 4) is 11.1 Å². The summed E-state index contributed by atoms with van der Waals surface area (Å²) in [5.74, 6) is -1.83. The van der Waals surface area contributed by atoms with Gasteiger partial charge in [0.1, 0.15) is 18.7 Å². The number of hydrogen-bond donors (Lipinski definition) is 3. The van der Waals surface area contributed by atoms with E-state index >= 15 is 0 Å². The van der Waals surface area contributed by atoms with Crippen LogP contribution in [0, 0.1) is 0 Å². The number of fused-ring (bicyclic) bond motifs is 3. The summed E-state index contributed by atoms with van der Waals surface area (Å²) in [7, 11) is 3.50. The zero-order chi connectivity index (χ0) is 22.5. The first-order valence-electron chi connectivity index (χ1n) is 10.1. The van der Waals surface area contributed by atoms with Crippen LogP contribution in [0.5, 0.6) is 0 Å². The van der Waals surface area contributed by atoms with Gasteiger partial charge in [0.25, 0.3) is 0 Å². The molecule has 0 saturated carbocycles. The third kappa shape index (κ3) is 5.21. The number of alkyl carbamates (subject to hydrolysis) is 1. The van der Waals surface area contributed by atoms with Crippen molar-refractivity contribution in [1.82, 2.24) is 15.5 Å². The number of amides is 2. The fraction of sp³-hybridized carbons (Fsp3) is 0.348. The van der Waals surface area contributed by atoms with E-state index in [1.807, 2.05) is 36.4 Å². The molecule has 0 radical (unpaired) electrons. The number of carbonyl (C=O) groups excluding carboxylic acids is 2. The zero-order valence-electron chi connectivity index (χ0n) is 17.8. The molecule has 2 aromatic carbocycles. The van der Waals surface area contributed by atoms with Crippen LogP contribution in [-0.4, -0.2) is 67.3 Å². The summed E-state index contributed by atoms with van der Waals surface area (Å²) in [5, 5.41) is 13.9. The standard InChI is InChI=1S/C23H27N3O5/c1-14(22(28)29)24-21(27)20(12-26(2)3)25-23(30)31-13-19-17-10-6-4-8-15(17)16-9-5-7-11-18(16)19/h4-11,14,19-20H,12-13H2,1-3H3,(H,24,27)(H,25,30)(H,28,29)/t14-,20?/m0/s1. The summed E-state index contributed by atoms with van der Waals surface area (Å²) in [4.78, 5) is 37.7. The molecule has 0 heterocycles. The SMILES string of the molecule is C[C@H](NC(=O)C(CN(C)C)NC(=O)OCC1c2ccccc2-c2ccccc21)C(=O)O. The fourth-order valence-electron chi connectivity index (χ4n) is 3.72. The summed E-state index contributed by atoms with van der Waals surface area (Å²) >= 11 is 0. The van der Waals surface area contributed by atoms with Crippen molar-refractivity contribution in [3.63, 3.8) is 0 Å². The molecule has 164 valence electrons.